The molecule has 0 rings (SSSR count). The first kappa shape index (κ1) is 1550. The first-order valence-corrected chi connectivity index (χ1v) is 11.8. The van der Waals surface area contributed by atoms with Crippen LogP contribution in [0.3, 0.4) is 0 Å². The van der Waals surface area contributed by atoms with Crippen molar-refractivity contribution in [2.75, 3.05) is 0 Å². The average molecular weight is 768 g/mol. The summed E-state index contributed by atoms with van der Waals surface area (Å²) in [5.41, 5.74) is 0. The Hall–Kier alpha value is 1.78. The summed E-state index contributed by atoms with van der Waals surface area (Å²) in [5, 5.41) is 0. The molecule has 0 N–H and O–H groups in total. The van der Waals surface area contributed by atoms with Crippen LogP contribution in [0.5, 0.6) is 0 Å². The van der Waals surface area contributed by atoms with E-state index in [0.717, 1.165) is 0 Å². The summed E-state index contributed by atoms with van der Waals surface area (Å²) >= 11 is 1.38. The molecule has 0 amide bonds. The van der Waals surface area contributed by atoms with Gasteiger partial charge in [0.15, 0.2) is 0 Å². The molecule has 0 saturated heterocycles. The Morgan fingerprint density at radius 1 is 0.259 bits per heavy atom. The molecule has 0 unspecified atom stereocenters. The van der Waals surface area contributed by atoms with Crippen LogP contribution in [0, 0.1) is 24.5 Å². The van der Waals surface area contributed by atoms with Crippen LogP contribution in [0.2, 0.25) is 0 Å². The van der Waals surface area contributed by atoms with Crippen molar-refractivity contribution in [3.63, 3.8) is 0 Å². The van der Waals surface area contributed by atoms with Gasteiger partial charge >= 0.3 is 41.5 Å². The Labute approximate surface area is 225 Å². The average Bonchev–Trinajstić information content (AvgIpc) is 0.918. The summed E-state index contributed by atoms with van der Waals surface area (Å²) in [6.07, 6.45) is 0. The van der Waals surface area contributed by atoms with Gasteiger partial charge in [-0.15, -0.1) is 0 Å². The molecule has 0 heterocycles. The number of hydrogen-bond donors (Lipinski definition) is 0. The van der Waals surface area contributed by atoms with Crippen LogP contribution in [0.15, 0.2) is 0 Å². The van der Waals surface area contributed by atoms with Crippen LogP contribution in [0.4, 0.5) is 0 Å². The zero-order chi connectivity index (χ0) is 2.71. The maximum absolute atomic E-state index is 6.40. The van der Waals surface area contributed by atoms with Crippen LogP contribution < -0.4 is 0 Å². The Bertz CT molecular complexity index is 18.5. The normalized spacial score (nSPS) is 0.407. The van der Waals surface area contributed by atoms with E-state index in [4.69, 9.17) is 0.194 Å². The SMILES string of the molecule is C.C.C.C.C.C.C.C.C.C.C.C.C.C.C.C.C.C.C.C.C.C.C.C.C.[2H][U][I]. The second kappa shape index (κ2) is 6280. The van der Waals surface area contributed by atoms with E-state index in [1.54, 1.807) is 0 Å². The quantitative estimate of drug-likeness (QED) is 0.215. The van der Waals surface area contributed by atoms with Gasteiger partial charge in [0.2, 0.25) is 0 Å². The summed E-state index contributed by atoms with van der Waals surface area (Å²) in [6.45, 7) is 0. The molecule has 0 radical (unpaired) electrons. The Morgan fingerprint density at radius 2 is 0.259 bits per heavy atom. The van der Waals surface area contributed by atoms with Gasteiger partial charge in [0.05, 0.1) is 0 Å². The van der Waals surface area contributed by atoms with Crippen molar-refractivity contribution in [3.8, 4) is 0 Å². The van der Waals surface area contributed by atoms with Gasteiger partial charge in [-0.25, -0.2) is 0 Å². The predicted octanol–water partition coefficient (Wildman–Crippen LogP) is 16.5. The molecule has 0 aliphatic heterocycles. The number of halogens is 1. The Balaban J connectivity index is -0.0000000000667. The molecular formula is C25H101IU. The molecule has 0 atom stereocenters. The summed E-state index contributed by atoms with van der Waals surface area (Å²) in [6, 6.07) is 0. The van der Waals surface area contributed by atoms with Gasteiger partial charge < -0.3 is 0 Å². The van der Waals surface area contributed by atoms with E-state index in [-0.39, 0.29) is 186 Å². The molecular weight excluding hydrogens is 665 g/mol. The van der Waals surface area contributed by atoms with Gasteiger partial charge in [-0.1, -0.05) is 186 Å². The first-order chi connectivity index (χ1) is 1.41. The number of hydrogen-bond acceptors (Lipinski definition) is 0. The zero-order valence-corrected chi connectivity index (χ0v) is 7.20. The third-order valence-corrected chi connectivity index (χ3v) is 0. The van der Waals surface area contributed by atoms with Crippen molar-refractivity contribution in [2.24, 2.45) is 0 Å². The third kappa shape index (κ3) is 5820. The van der Waals surface area contributed by atoms with Gasteiger partial charge in [0.25, 0.3) is 0 Å². The minimum atomic E-state index is -0.785. The van der Waals surface area contributed by atoms with Gasteiger partial charge in [-0.2, -0.15) is 0 Å². The molecule has 0 aromatic carbocycles. The maximum atomic E-state index is 6.40. The van der Waals surface area contributed by atoms with Gasteiger partial charge in [-0.05, 0) is 0 Å². The van der Waals surface area contributed by atoms with Crippen LogP contribution in [0.1, 0.15) is 186 Å². The van der Waals surface area contributed by atoms with Crippen molar-refractivity contribution >= 4 is 16.8 Å². The topological polar surface area (TPSA) is 0 Å². The van der Waals surface area contributed by atoms with E-state index in [1.165, 1.54) is 0 Å². The molecule has 0 aromatic rings. The van der Waals surface area contributed by atoms with Crippen LogP contribution in [0.25, 0.3) is 0 Å². The van der Waals surface area contributed by atoms with Crippen LogP contribution >= 0.6 is 16.8 Å². The molecule has 0 spiro atoms. The van der Waals surface area contributed by atoms with Gasteiger partial charge in [0.1, 0.15) is 0 Å². The molecule has 0 aliphatic carbocycles. The van der Waals surface area contributed by atoms with Gasteiger partial charge in [-0.3, -0.25) is 0 Å². The van der Waals surface area contributed by atoms with E-state index in [1.807, 2.05) is 0 Å². The van der Waals surface area contributed by atoms with Gasteiger partial charge in [0, 0.05) is 0 Å². The molecule has 0 aliphatic rings. The molecule has 0 nitrogen and oxygen atoms in total. The van der Waals surface area contributed by atoms with Crippen molar-refractivity contribution in [2.45, 2.75) is 186 Å². The fourth-order valence-electron chi connectivity index (χ4n) is 0. The molecule has 212 valence electrons. The summed E-state index contributed by atoms with van der Waals surface area (Å²) in [4.78, 5) is 0. The van der Waals surface area contributed by atoms with E-state index in [0.29, 0.717) is 0 Å². The molecule has 0 fully saturated rings. The van der Waals surface area contributed by atoms with E-state index >= 15 is 0 Å². The number of rotatable bonds is 0. The van der Waals surface area contributed by atoms with Crippen molar-refractivity contribution in [1.29, 1.82) is 0.194 Å². The van der Waals surface area contributed by atoms with Crippen LogP contribution in [-0.4, -0.2) is 0.194 Å². The first-order valence-electron chi connectivity index (χ1n) is 0.689. The van der Waals surface area contributed by atoms with Crippen molar-refractivity contribution in [1.82, 2.24) is 0 Å². The Kier molecular flexibility index (Phi) is 361000. The summed E-state index contributed by atoms with van der Waals surface area (Å²) in [7, 11) is 0. The monoisotopic (exact) mass is 768 g/mol. The molecule has 0 saturated carbocycles. The fourth-order valence-corrected chi connectivity index (χ4v) is 0. The standard InChI is InChI=1S/25CH4.HI.U.H/h25*1H4;1H;;/q;;;;;;;;;;;;;;;;;;;;;;;;;;+1;/p-1/i;;;;;;;;;;;;;;;;;;;;;;;;;;;1+1. The minimum absolute atomic E-state index is 0. The van der Waals surface area contributed by atoms with Crippen molar-refractivity contribution < 1.29 is 24.5 Å². The molecule has 2 heteroatoms. The van der Waals surface area contributed by atoms with Crippen molar-refractivity contribution in [3.05, 3.63) is 0 Å². The molecule has 0 bridgehead atoms. The fraction of sp³-hybridized carbons (Fsp3) is 1.00. The molecule has 0 aromatic heterocycles. The van der Waals surface area contributed by atoms with E-state index in [2.05, 4.69) is 16.8 Å². The second-order valence-electron chi connectivity index (χ2n) is 0. The van der Waals surface area contributed by atoms with E-state index < -0.39 is 24.5 Å². The van der Waals surface area contributed by atoms with Crippen LogP contribution in [-0.2, 0) is 0 Å². The Morgan fingerprint density at radius 3 is 0.259 bits per heavy atom. The molecule has 27 heavy (non-hydrogen) atoms. The second-order valence-corrected chi connectivity index (χ2v) is 0. The third-order valence-electron chi connectivity index (χ3n) is 0. The summed E-state index contributed by atoms with van der Waals surface area (Å²) in [5.74, 6) is 0. The zero-order valence-electron chi connectivity index (χ0n) is 1.88. The predicted molar refractivity (Wildman–Crippen MR) is 184 cm³/mol. The van der Waals surface area contributed by atoms with E-state index in [9.17, 15) is 0 Å². The summed E-state index contributed by atoms with van der Waals surface area (Å²) < 4.78 is 6.40.